The molecule has 1 atom stereocenters. The van der Waals surface area contributed by atoms with E-state index >= 15 is 0 Å². The molecule has 0 saturated heterocycles. The highest BCUT2D eigenvalue weighted by atomic mass is 16.6. The van der Waals surface area contributed by atoms with E-state index in [4.69, 9.17) is 26.2 Å². The van der Waals surface area contributed by atoms with Crippen molar-refractivity contribution in [2.24, 2.45) is 5.73 Å². The Balaban J connectivity index is 2.99. The quantitative estimate of drug-likeness (QED) is 0.223. The van der Waals surface area contributed by atoms with E-state index < -0.39 is 17.3 Å². The van der Waals surface area contributed by atoms with Crippen LogP contribution in [-0.2, 0) is 0 Å². The van der Waals surface area contributed by atoms with Gasteiger partial charge in [0.15, 0.2) is 5.72 Å². The van der Waals surface area contributed by atoms with Gasteiger partial charge in [-0.1, -0.05) is 0 Å². The zero-order valence-electron chi connectivity index (χ0n) is 6.43. The van der Waals surface area contributed by atoms with E-state index in [9.17, 15) is 5.11 Å². The lowest BCUT2D eigenvalue weighted by Crippen LogP contribution is -2.74. The third-order valence-electron chi connectivity index (χ3n) is 2.25. The van der Waals surface area contributed by atoms with E-state index in [1.165, 1.54) is 0 Å². The molecule has 0 heterocycles. The van der Waals surface area contributed by atoms with Crippen molar-refractivity contribution in [1.82, 2.24) is 0 Å². The Bertz CT molecular complexity index is 170. The molecular formula is C6H13NO5. The van der Waals surface area contributed by atoms with Crippen LogP contribution in [0.25, 0.3) is 0 Å². The first-order valence-electron chi connectivity index (χ1n) is 3.61. The number of hydrogen-bond acceptors (Lipinski definition) is 6. The van der Waals surface area contributed by atoms with E-state index in [0.29, 0.717) is 0 Å². The molecule has 6 heteroatoms. The Labute approximate surface area is 68.9 Å². The summed E-state index contributed by atoms with van der Waals surface area (Å²) < 4.78 is 0. The van der Waals surface area contributed by atoms with Gasteiger partial charge in [-0.2, -0.15) is 0 Å². The van der Waals surface area contributed by atoms with Crippen molar-refractivity contribution in [3.63, 3.8) is 0 Å². The monoisotopic (exact) mass is 179 g/mol. The van der Waals surface area contributed by atoms with Gasteiger partial charge in [0.25, 0.3) is 5.79 Å². The maximum absolute atomic E-state index is 9.20. The second-order valence-corrected chi connectivity index (χ2v) is 3.27. The predicted molar refractivity (Wildman–Crippen MR) is 37.3 cm³/mol. The summed E-state index contributed by atoms with van der Waals surface area (Å²) in [5, 5.41) is 45.5. The summed E-state index contributed by atoms with van der Waals surface area (Å²) in [6.07, 6.45) is -0.120. The van der Waals surface area contributed by atoms with E-state index in [1.54, 1.807) is 0 Å². The molecule has 0 amide bonds. The fourth-order valence-corrected chi connectivity index (χ4v) is 1.30. The molecule has 1 unspecified atom stereocenters. The highest BCUT2D eigenvalue weighted by molar-refractivity contribution is 5.00. The fourth-order valence-electron chi connectivity index (χ4n) is 1.30. The van der Waals surface area contributed by atoms with Crippen LogP contribution in [0.15, 0.2) is 0 Å². The summed E-state index contributed by atoms with van der Waals surface area (Å²) in [5.74, 6) is -5.84. The molecule has 1 aliphatic rings. The smallest absolute Gasteiger partial charge is 0.262 e. The van der Waals surface area contributed by atoms with Crippen LogP contribution in [0.1, 0.15) is 19.3 Å². The largest absolute Gasteiger partial charge is 0.370 e. The molecule has 0 radical (unpaired) electrons. The van der Waals surface area contributed by atoms with Crippen LogP contribution >= 0.6 is 0 Å². The summed E-state index contributed by atoms with van der Waals surface area (Å²) in [6.45, 7) is 0. The molecule has 0 spiro atoms. The average molecular weight is 179 g/mol. The van der Waals surface area contributed by atoms with Crippen molar-refractivity contribution in [1.29, 1.82) is 0 Å². The first kappa shape index (κ1) is 9.85. The molecule has 1 rings (SSSR count). The molecule has 0 bridgehead atoms. The minimum atomic E-state index is -3.09. The van der Waals surface area contributed by atoms with E-state index in [0.717, 1.165) is 0 Å². The second kappa shape index (κ2) is 2.38. The second-order valence-electron chi connectivity index (χ2n) is 3.27. The number of aliphatic hydroxyl groups is 5. The Kier molecular flexibility index (Phi) is 1.95. The van der Waals surface area contributed by atoms with Gasteiger partial charge < -0.3 is 25.5 Å². The summed E-state index contributed by atoms with van der Waals surface area (Å²) in [7, 11) is 0. The van der Waals surface area contributed by atoms with Gasteiger partial charge in [0.05, 0.1) is 0 Å². The minimum absolute atomic E-state index is 0.0944. The van der Waals surface area contributed by atoms with Crippen LogP contribution in [0.2, 0.25) is 0 Å². The third kappa shape index (κ3) is 1.13. The molecule has 0 aliphatic heterocycles. The van der Waals surface area contributed by atoms with Crippen LogP contribution in [0, 0.1) is 0 Å². The molecule has 0 aromatic rings. The molecule has 6 nitrogen and oxygen atoms in total. The van der Waals surface area contributed by atoms with Crippen molar-refractivity contribution in [3.8, 4) is 0 Å². The Morgan fingerprint density at radius 3 is 1.75 bits per heavy atom. The fraction of sp³-hybridized carbons (Fsp3) is 1.00. The maximum atomic E-state index is 9.20. The zero-order valence-corrected chi connectivity index (χ0v) is 6.43. The topological polar surface area (TPSA) is 127 Å². The summed E-state index contributed by atoms with van der Waals surface area (Å²) >= 11 is 0. The van der Waals surface area contributed by atoms with Crippen LogP contribution in [-0.4, -0.2) is 42.8 Å². The molecule has 72 valence electrons. The van der Waals surface area contributed by atoms with E-state index in [2.05, 4.69) is 0 Å². The van der Waals surface area contributed by atoms with Crippen molar-refractivity contribution in [2.75, 3.05) is 0 Å². The van der Waals surface area contributed by atoms with Crippen molar-refractivity contribution < 1.29 is 25.5 Å². The van der Waals surface area contributed by atoms with Gasteiger partial charge in [-0.15, -0.1) is 0 Å². The maximum Gasteiger partial charge on any atom is 0.262 e. The molecule has 1 fully saturated rings. The molecule has 0 aromatic carbocycles. The Morgan fingerprint density at radius 2 is 1.42 bits per heavy atom. The van der Waals surface area contributed by atoms with Gasteiger partial charge in [0, 0.05) is 6.42 Å². The Morgan fingerprint density at radius 1 is 0.917 bits per heavy atom. The highest BCUT2D eigenvalue weighted by Gasteiger charge is 2.62. The first-order chi connectivity index (χ1) is 5.21. The molecule has 7 N–H and O–H groups in total. The number of hydrogen-bond donors (Lipinski definition) is 6. The zero-order chi connectivity index (χ0) is 9.62. The van der Waals surface area contributed by atoms with Gasteiger partial charge in [-0.05, 0) is 12.8 Å². The minimum Gasteiger partial charge on any atom is -0.370 e. The van der Waals surface area contributed by atoms with Gasteiger partial charge in [0.1, 0.15) is 0 Å². The van der Waals surface area contributed by atoms with Crippen molar-refractivity contribution in [2.45, 2.75) is 36.6 Å². The van der Waals surface area contributed by atoms with Gasteiger partial charge in [-0.25, -0.2) is 0 Å². The van der Waals surface area contributed by atoms with Crippen LogP contribution in [0.3, 0.4) is 0 Å². The van der Waals surface area contributed by atoms with Gasteiger partial charge in [-0.3, -0.25) is 5.73 Å². The molecular weight excluding hydrogens is 166 g/mol. The summed E-state index contributed by atoms with van der Waals surface area (Å²) in [6, 6.07) is 0. The standard InChI is InChI=1S/C6H13NO5/c7-4(8)2-1-3-5(9,10)6(4,11)12/h8-12H,1-3,7H2. The van der Waals surface area contributed by atoms with Gasteiger partial charge >= 0.3 is 0 Å². The molecule has 1 saturated carbocycles. The number of rotatable bonds is 0. The van der Waals surface area contributed by atoms with Crippen LogP contribution in [0.5, 0.6) is 0 Å². The SMILES string of the molecule is NC1(O)CCCC(O)(O)C1(O)O. The lowest BCUT2D eigenvalue weighted by atomic mass is 9.81. The molecule has 12 heavy (non-hydrogen) atoms. The Hall–Kier alpha value is -0.240. The van der Waals surface area contributed by atoms with Gasteiger partial charge in [0.2, 0.25) is 5.79 Å². The van der Waals surface area contributed by atoms with E-state index in [-0.39, 0.29) is 19.3 Å². The van der Waals surface area contributed by atoms with E-state index in [1.807, 2.05) is 0 Å². The summed E-state index contributed by atoms with van der Waals surface area (Å²) in [4.78, 5) is 0. The summed E-state index contributed by atoms with van der Waals surface area (Å²) in [5.41, 5.74) is 2.69. The number of nitrogens with two attached hydrogens (primary N) is 1. The lowest BCUT2D eigenvalue weighted by molar-refractivity contribution is -0.423. The van der Waals surface area contributed by atoms with Crippen LogP contribution in [0.4, 0.5) is 0 Å². The molecule has 1 aliphatic carbocycles. The normalized spacial score (nSPS) is 39.5. The third-order valence-corrected chi connectivity index (χ3v) is 2.25. The highest BCUT2D eigenvalue weighted by Crippen LogP contribution is 2.37. The predicted octanol–water partition coefficient (Wildman–Crippen LogP) is -2.82. The lowest BCUT2D eigenvalue weighted by Gasteiger charge is -2.47. The average Bonchev–Trinajstić information content (AvgIpc) is 1.83. The van der Waals surface area contributed by atoms with Crippen molar-refractivity contribution >= 4 is 0 Å². The molecule has 0 aromatic heterocycles. The van der Waals surface area contributed by atoms with Crippen molar-refractivity contribution in [3.05, 3.63) is 0 Å². The van der Waals surface area contributed by atoms with Crippen LogP contribution < -0.4 is 5.73 Å². The first-order valence-corrected chi connectivity index (χ1v) is 3.61.